The molecule has 0 saturated carbocycles. The van der Waals surface area contributed by atoms with E-state index in [0.29, 0.717) is 34.5 Å². The summed E-state index contributed by atoms with van der Waals surface area (Å²) in [6.07, 6.45) is 1.13. The van der Waals surface area contributed by atoms with Crippen LogP contribution in [0.2, 0.25) is 0 Å². The van der Waals surface area contributed by atoms with Gasteiger partial charge in [-0.15, -0.1) is 0 Å². The zero-order valence-electron chi connectivity index (χ0n) is 18.9. The minimum absolute atomic E-state index is 0.232. The molecule has 0 aliphatic carbocycles. The number of hydrogen-bond acceptors (Lipinski definition) is 4. The van der Waals surface area contributed by atoms with Crippen LogP contribution in [0.4, 0.5) is 5.69 Å². The lowest BCUT2D eigenvalue weighted by Crippen LogP contribution is -2.42. The molecule has 5 nitrogen and oxygen atoms in total. The summed E-state index contributed by atoms with van der Waals surface area (Å²) in [5.74, 6) is 1.15. The number of imide groups is 1. The smallest absolute Gasteiger partial charge is 0.282 e. The molecule has 2 unspecified atom stereocenters. The fraction of sp³-hybridized carbons (Fsp3) is 0.385. The van der Waals surface area contributed by atoms with Crippen LogP contribution in [0.15, 0.2) is 48.2 Å². The molecule has 2 aliphatic rings. The first-order valence-electron chi connectivity index (χ1n) is 10.9. The maximum Gasteiger partial charge on any atom is 0.282 e. The van der Waals surface area contributed by atoms with Gasteiger partial charge in [0.1, 0.15) is 11.4 Å². The van der Waals surface area contributed by atoms with Gasteiger partial charge in [-0.1, -0.05) is 43.7 Å². The Balaban J connectivity index is 1.84. The summed E-state index contributed by atoms with van der Waals surface area (Å²) in [6.45, 7) is 9.92. The van der Waals surface area contributed by atoms with Crippen LogP contribution in [0.25, 0.3) is 5.57 Å². The summed E-state index contributed by atoms with van der Waals surface area (Å²) in [5, 5.41) is 0. The number of nitrogens with zero attached hydrogens (tertiary/aromatic N) is 2. The molecule has 0 spiro atoms. The van der Waals surface area contributed by atoms with Gasteiger partial charge in [-0.05, 0) is 61.4 Å². The van der Waals surface area contributed by atoms with E-state index in [0.717, 1.165) is 36.2 Å². The molecule has 0 aromatic heterocycles. The van der Waals surface area contributed by atoms with Crippen molar-refractivity contribution in [3.05, 3.63) is 64.9 Å². The molecule has 2 heterocycles. The van der Waals surface area contributed by atoms with E-state index >= 15 is 0 Å². The number of ether oxygens (including phenoxy) is 1. The number of piperidine rings is 1. The lowest BCUT2D eigenvalue weighted by Gasteiger charge is -2.37. The third-order valence-electron chi connectivity index (χ3n) is 6.22. The van der Waals surface area contributed by atoms with Crippen molar-refractivity contribution in [3.63, 3.8) is 0 Å². The molecular weight excluding hydrogens is 388 g/mol. The molecule has 0 radical (unpaired) electrons. The van der Waals surface area contributed by atoms with Crippen LogP contribution >= 0.6 is 0 Å². The number of amides is 2. The standard InChI is InChI=1S/C26H30N2O3/c1-16-6-11-22(19(4)13-16)28-25(29)23(20-7-9-21(31-5)10-8-20)24(26(28)30)27-14-17(2)12-18(3)15-27/h6-11,13,17-18H,12,14-15H2,1-5H3. The van der Waals surface area contributed by atoms with Crippen LogP contribution in [-0.4, -0.2) is 36.9 Å². The molecule has 0 bridgehead atoms. The van der Waals surface area contributed by atoms with Crippen molar-refractivity contribution in [2.24, 2.45) is 11.8 Å². The molecule has 31 heavy (non-hydrogen) atoms. The van der Waals surface area contributed by atoms with E-state index in [1.165, 1.54) is 4.90 Å². The fourth-order valence-corrected chi connectivity index (χ4v) is 4.95. The lowest BCUT2D eigenvalue weighted by atomic mass is 9.91. The summed E-state index contributed by atoms with van der Waals surface area (Å²) in [5.41, 5.74) is 4.41. The van der Waals surface area contributed by atoms with Gasteiger partial charge in [0, 0.05) is 13.1 Å². The van der Waals surface area contributed by atoms with Gasteiger partial charge in [0.15, 0.2) is 0 Å². The summed E-state index contributed by atoms with van der Waals surface area (Å²) < 4.78 is 5.28. The van der Waals surface area contributed by atoms with E-state index < -0.39 is 0 Å². The molecule has 1 saturated heterocycles. The first kappa shape index (κ1) is 21.2. The van der Waals surface area contributed by atoms with Gasteiger partial charge in [-0.3, -0.25) is 9.59 Å². The van der Waals surface area contributed by atoms with Crippen LogP contribution in [0.5, 0.6) is 5.75 Å². The van der Waals surface area contributed by atoms with E-state index in [4.69, 9.17) is 4.74 Å². The number of methoxy groups -OCH3 is 1. The Labute approximate surface area is 184 Å². The predicted octanol–water partition coefficient (Wildman–Crippen LogP) is 4.57. The lowest BCUT2D eigenvalue weighted by molar-refractivity contribution is -0.120. The van der Waals surface area contributed by atoms with Crippen molar-refractivity contribution in [2.75, 3.05) is 25.1 Å². The second kappa shape index (κ2) is 8.22. The number of benzene rings is 2. The average Bonchev–Trinajstić information content (AvgIpc) is 2.98. The van der Waals surface area contributed by atoms with Crippen molar-refractivity contribution < 1.29 is 14.3 Å². The molecule has 2 aliphatic heterocycles. The predicted molar refractivity (Wildman–Crippen MR) is 123 cm³/mol. The Kier molecular flexibility index (Phi) is 5.61. The van der Waals surface area contributed by atoms with Gasteiger partial charge >= 0.3 is 0 Å². The first-order chi connectivity index (χ1) is 14.8. The molecular formula is C26H30N2O3. The van der Waals surface area contributed by atoms with Gasteiger partial charge in [-0.2, -0.15) is 0 Å². The quantitative estimate of drug-likeness (QED) is 0.683. The van der Waals surface area contributed by atoms with E-state index in [9.17, 15) is 9.59 Å². The van der Waals surface area contributed by atoms with Crippen molar-refractivity contribution in [1.82, 2.24) is 4.90 Å². The fourth-order valence-electron chi connectivity index (χ4n) is 4.95. The minimum atomic E-state index is -0.261. The van der Waals surface area contributed by atoms with Crippen LogP contribution < -0.4 is 9.64 Å². The summed E-state index contributed by atoms with van der Waals surface area (Å²) in [7, 11) is 1.61. The van der Waals surface area contributed by atoms with Crippen molar-refractivity contribution >= 4 is 23.1 Å². The molecule has 1 fully saturated rings. The summed E-state index contributed by atoms with van der Waals surface area (Å²) in [6, 6.07) is 13.2. The summed E-state index contributed by atoms with van der Waals surface area (Å²) in [4.78, 5) is 30.9. The molecule has 2 aromatic rings. The molecule has 0 N–H and O–H groups in total. The average molecular weight is 419 g/mol. The topological polar surface area (TPSA) is 49.9 Å². The van der Waals surface area contributed by atoms with Crippen LogP contribution in [0.1, 0.15) is 37.0 Å². The minimum Gasteiger partial charge on any atom is -0.497 e. The largest absolute Gasteiger partial charge is 0.497 e. The highest BCUT2D eigenvalue weighted by atomic mass is 16.5. The number of hydrogen-bond donors (Lipinski definition) is 0. The Morgan fingerprint density at radius 2 is 1.55 bits per heavy atom. The van der Waals surface area contributed by atoms with Gasteiger partial charge in [0.05, 0.1) is 18.4 Å². The zero-order chi connectivity index (χ0) is 22.3. The summed E-state index contributed by atoms with van der Waals surface area (Å²) >= 11 is 0. The second-order valence-corrected chi connectivity index (χ2v) is 9.04. The van der Waals surface area contributed by atoms with Gasteiger partial charge in [0.2, 0.25) is 0 Å². The molecule has 162 valence electrons. The Morgan fingerprint density at radius 3 is 2.13 bits per heavy atom. The van der Waals surface area contributed by atoms with Gasteiger partial charge in [0.25, 0.3) is 11.8 Å². The number of carbonyl (C=O) groups is 2. The Hall–Kier alpha value is -3.08. The maximum atomic E-state index is 13.8. The highest BCUT2D eigenvalue weighted by Crippen LogP contribution is 2.38. The third kappa shape index (κ3) is 3.85. The van der Waals surface area contributed by atoms with Crippen LogP contribution in [0, 0.1) is 25.7 Å². The third-order valence-corrected chi connectivity index (χ3v) is 6.22. The highest BCUT2D eigenvalue weighted by Gasteiger charge is 2.44. The van der Waals surface area contributed by atoms with Crippen LogP contribution in [-0.2, 0) is 9.59 Å². The van der Waals surface area contributed by atoms with Crippen molar-refractivity contribution in [1.29, 1.82) is 0 Å². The van der Waals surface area contributed by atoms with E-state index in [1.54, 1.807) is 7.11 Å². The Morgan fingerprint density at radius 1 is 0.903 bits per heavy atom. The monoisotopic (exact) mass is 418 g/mol. The number of anilines is 1. The highest BCUT2D eigenvalue weighted by molar-refractivity contribution is 6.45. The zero-order valence-corrected chi connectivity index (χ0v) is 18.9. The van der Waals surface area contributed by atoms with Gasteiger partial charge < -0.3 is 9.64 Å². The number of likely N-dealkylation sites (tertiary alicyclic amines) is 1. The maximum absolute atomic E-state index is 13.8. The van der Waals surface area contributed by atoms with Crippen molar-refractivity contribution in [2.45, 2.75) is 34.1 Å². The van der Waals surface area contributed by atoms with Crippen molar-refractivity contribution in [3.8, 4) is 5.75 Å². The Bertz CT molecular complexity index is 1040. The number of aryl methyl sites for hydroxylation is 2. The second-order valence-electron chi connectivity index (χ2n) is 9.04. The molecule has 5 heteroatoms. The van der Waals surface area contributed by atoms with Gasteiger partial charge in [-0.25, -0.2) is 4.90 Å². The molecule has 2 atom stereocenters. The SMILES string of the molecule is COc1ccc(C2=C(N3CC(C)CC(C)C3)C(=O)N(c3ccc(C)cc3C)C2=O)cc1. The first-order valence-corrected chi connectivity index (χ1v) is 10.9. The number of rotatable bonds is 4. The van der Waals surface area contributed by atoms with E-state index in [-0.39, 0.29) is 11.8 Å². The molecule has 4 rings (SSSR count). The van der Waals surface area contributed by atoms with Crippen LogP contribution in [0.3, 0.4) is 0 Å². The number of carbonyl (C=O) groups excluding carboxylic acids is 2. The normalized spacial score (nSPS) is 21.8. The van der Waals surface area contributed by atoms with E-state index in [1.807, 2.05) is 56.3 Å². The molecule has 2 aromatic carbocycles. The molecule has 2 amide bonds. The van der Waals surface area contributed by atoms with E-state index in [2.05, 4.69) is 18.7 Å².